The topological polar surface area (TPSA) is 17.8 Å². The zero-order chi connectivity index (χ0) is 12.6. The molecule has 1 aromatic rings. The molecule has 0 bridgehead atoms. The zero-order valence-electron chi connectivity index (χ0n) is 10.8. The molecule has 1 heterocycles. The lowest BCUT2D eigenvalue weighted by atomic mass is 9.96. The van der Waals surface area contributed by atoms with Crippen molar-refractivity contribution in [3.05, 3.63) is 15.9 Å². The molecule has 2 nitrogen and oxygen atoms in total. The van der Waals surface area contributed by atoms with Gasteiger partial charge in [0.15, 0.2) is 0 Å². The summed E-state index contributed by atoms with van der Waals surface area (Å²) in [4.78, 5) is 0.590. The summed E-state index contributed by atoms with van der Waals surface area (Å²) in [5, 5.41) is 4.67. The molecule has 4 heteroatoms. The molecular formula is C13H20Br2N2. The second-order valence-electron chi connectivity index (χ2n) is 5.03. The van der Waals surface area contributed by atoms with Crippen LogP contribution >= 0.6 is 31.9 Å². The SMILES string of the molecule is CCc1nn(CC)c(CC2(C(C)Br)CC2)c1Br. The van der Waals surface area contributed by atoms with Crippen molar-refractivity contribution in [1.29, 1.82) is 0 Å². The van der Waals surface area contributed by atoms with Gasteiger partial charge in [-0.05, 0) is 54.0 Å². The highest BCUT2D eigenvalue weighted by molar-refractivity contribution is 9.10. The van der Waals surface area contributed by atoms with E-state index in [0.29, 0.717) is 10.2 Å². The van der Waals surface area contributed by atoms with Crippen molar-refractivity contribution in [2.75, 3.05) is 0 Å². The Morgan fingerprint density at radius 1 is 1.41 bits per heavy atom. The molecule has 2 rings (SSSR count). The van der Waals surface area contributed by atoms with E-state index in [4.69, 9.17) is 0 Å². The largest absolute Gasteiger partial charge is 0.268 e. The lowest BCUT2D eigenvalue weighted by Gasteiger charge is -2.18. The molecule has 1 fully saturated rings. The highest BCUT2D eigenvalue weighted by atomic mass is 79.9. The molecular weight excluding hydrogens is 344 g/mol. The second kappa shape index (κ2) is 5.04. The molecule has 1 saturated carbocycles. The summed E-state index contributed by atoms with van der Waals surface area (Å²) in [6, 6.07) is 0. The Kier molecular flexibility index (Phi) is 4.03. The van der Waals surface area contributed by atoms with Gasteiger partial charge in [0, 0.05) is 11.4 Å². The summed E-state index contributed by atoms with van der Waals surface area (Å²) in [6.07, 6.45) is 4.81. The van der Waals surface area contributed by atoms with Crippen molar-refractivity contribution in [3.63, 3.8) is 0 Å². The van der Waals surface area contributed by atoms with Crippen molar-refractivity contribution >= 4 is 31.9 Å². The maximum atomic E-state index is 4.67. The van der Waals surface area contributed by atoms with Crippen LogP contribution in [0.2, 0.25) is 0 Å². The van der Waals surface area contributed by atoms with Gasteiger partial charge < -0.3 is 0 Å². The van der Waals surface area contributed by atoms with Crippen LogP contribution in [-0.2, 0) is 19.4 Å². The fourth-order valence-electron chi connectivity index (χ4n) is 2.40. The molecule has 1 aromatic heterocycles. The van der Waals surface area contributed by atoms with Crippen molar-refractivity contribution in [1.82, 2.24) is 9.78 Å². The zero-order valence-corrected chi connectivity index (χ0v) is 13.9. The van der Waals surface area contributed by atoms with Crippen LogP contribution in [0.25, 0.3) is 0 Å². The van der Waals surface area contributed by atoms with Crippen LogP contribution in [-0.4, -0.2) is 14.6 Å². The van der Waals surface area contributed by atoms with Crippen LogP contribution in [0.3, 0.4) is 0 Å². The van der Waals surface area contributed by atoms with Gasteiger partial charge in [0.25, 0.3) is 0 Å². The lowest BCUT2D eigenvalue weighted by Crippen LogP contribution is -2.18. The summed E-state index contributed by atoms with van der Waals surface area (Å²) in [6.45, 7) is 7.56. The quantitative estimate of drug-likeness (QED) is 0.711. The number of nitrogens with zero attached hydrogens (tertiary/aromatic N) is 2. The minimum absolute atomic E-state index is 0.473. The summed E-state index contributed by atoms with van der Waals surface area (Å²) >= 11 is 7.50. The minimum Gasteiger partial charge on any atom is -0.268 e. The van der Waals surface area contributed by atoms with Gasteiger partial charge in [0.1, 0.15) is 0 Å². The van der Waals surface area contributed by atoms with E-state index in [1.165, 1.54) is 28.7 Å². The summed E-state index contributed by atoms with van der Waals surface area (Å²) in [5.41, 5.74) is 3.05. The van der Waals surface area contributed by atoms with Gasteiger partial charge in [0.05, 0.1) is 15.9 Å². The average Bonchev–Trinajstić information content (AvgIpc) is 3.02. The summed E-state index contributed by atoms with van der Waals surface area (Å²) in [5.74, 6) is 0. The van der Waals surface area contributed by atoms with Crippen molar-refractivity contribution in [2.45, 2.75) is 57.8 Å². The highest BCUT2D eigenvalue weighted by Crippen LogP contribution is 2.54. The molecule has 1 unspecified atom stereocenters. The lowest BCUT2D eigenvalue weighted by molar-refractivity contribution is 0.476. The van der Waals surface area contributed by atoms with Crippen LogP contribution in [0.4, 0.5) is 0 Å². The Hall–Kier alpha value is 0.170. The normalized spacial score (nSPS) is 19.4. The van der Waals surface area contributed by atoms with Crippen LogP contribution in [0.15, 0.2) is 4.47 Å². The van der Waals surface area contributed by atoms with E-state index in [1.807, 2.05) is 0 Å². The molecule has 0 radical (unpaired) electrons. The standard InChI is InChI=1S/C13H20Br2N2/c1-4-10-12(15)11(17(5-2)16-10)8-13(6-7-13)9(3)14/h9H,4-8H2,1-3H3. The van der Waals surface area contributed by atoms with Gasteiger partial charge in [-0.15, -0.1) is 0 Å². The third-order valence-corrected chi connectivity index (χ3v) is 5.84. The number of hydrogen-bond acceptors (Lipinski definition) is 1. The number of rotatable bonds is 5. The molecule has 0 amide bonds. The first-order valence-electron chi connectivity index (χ1n) is 6.42. The minimum atomic E-state index is 0.473. The number of aromatic nitrogens is 2. The van der Waals surface area contributed by atoms with E-state index in [-0.39, 0.29) is 0 Å². The number of hydrogen-bond donors (Lipinski definition) is 0. The van der Waals surface area contributed by atoms with Crippen LogP contribution < -0.4 is 0 Å². The third kappa shape index (κ3) is 2.48. The molecule has 0 spiro atoms. The van der Waals surface area contributed by atoms with Gasteiger partial charge >= 0.3 is 0 Å². The Bertz CT molecular complexity index is 406. The molecule has 0 aliphatic heterocycles. The van der Waals surface area contributed by atoms with E-state index >= 15 is 0 Å². The van der Waals surface area contributed by atoms with E-state index in [1.54, 1.807) is 0 Å². The number of alkyl halides is 1. The van der Waals surface area contributed by atoms with E-state index in [2.05, 4.69) is 62.4 Å². The molecule has 1 atom stereocenters. The fourth-order valence-corrected chi connectivity index (χ4v) is 3.72. The first-order chi connectivity index (χ1) is 8.04. The monoisotopic (exact) mass is 362 g/mol. The van der Waals surface area contributed by atoms with Crippen molar-refractivity contribution in [2.24, 2.45) is 5.41 Å². The molecule has 17 heavy (non-hydrogen) atoms. The van der Waals surface area contributed by atoms with Gasteiger partial charge in [-0.2, -0.15) is 5.10 Å². The van der Waals surface area contributed by atoms with Crippen molar-refractivity contribution in [3.8, 4) is 0 Å². The van der Waals surface area contributed by atoms with Gasteiger partial charge in [-0.25, -0.2) is 0 Å². The molecule has 0 aromatic carbocycles. The Morgan fingerprint density at radius 2 is 2.06 bits per heavy atom. The third-order valence-electron chi connectivity index (χ3n) is 3.95. The summed E-state index contributed by atoms with van der Waals surface area (Å²) in [7, 11) is 0. The molecule has 96 valence electrons. The Balaban J connectivity index is 2.29. The second-order valence-corrected chi connectivity index (χ2v) is 7.20. The number of aryl methyl sites for hydroxylation is 2. The molecule has 1 aliphatic carbocycles. The molecule has 1 aliphatic rings. The highest BCUT2D eigenvalue weighted by Gasteiger charge is 2.47. The Morgan fingerprint density at radius 3 is 2.47 bits per heavy atom. The first-order valence-corrected chi connectivity index (χ1v) is 8.13. The van der Waals surface area contributed by atoms with Crippen LogP contribution in [0.1, 0.15) is 45.0 Å². The van der Waals surface area contributed by atoms with Crippen LogP contribution in [0.5, 0.6) is 0 Å². The molecule has 0 saturated heterocycles. The van der Waals surface area contributed by atoms with Gasteiger partial charge in [-0.3, -0.25) is 4.68 Å². The van der Waals surface area contributed by atoms with Gasteiger partial charge in [0.2, 0.25) is 0 Å². The number of halogens is 2. The maximum absolute atomic E-state index is 4.67. The first kappa shape index (κ1) is 13.6. The molecule has 0 N–H and O–H groups in total. The smallest absolute Gasteiger partial charge is 0.0766 e. The Labute approximate surface area is 120 Å². The van der Waals surface area contributed by atoms with E-state index in [9.17, 15) is 0 Å². The maximum Gasteiger partial charge on any atom is 0.0766 e. The fraction of sp³-hybridized carbons (Fsp3) is 0.769. The average molecular weight is 364 g/mol. The summed E-state index contributed by atoms with van der Waals surface area (Å²) < 4.78 is 3.40. The van der Waals surface area contributed by atoms with Crippen LogP contribution in [0, 0.1) is 5.41 Å². The predicted molar refractivity (Wildman–Crippen MR) is 78.7 cm³/mol. The van der Waals surface area contributed by atoms with Crippen molar-refractivity contribution < 1.29 is 0 Å². The predicted octanol–water partition coefficient (Wildman–Crippen LogP) is 4.33. The van der Waals surface area contributed by atoms with E-state index < -0.39 is 0 Å². The van der Waals surface area contributed by atoms with Gasteiger partial charge in [-0.1, -0.05) is 29.8 Å². The van der Waals surface area contributed by atoms with E-state index in [0.717, 1.165) is 19.4 Å².